The summed E-state index contributed by atoms with van der Waals surface area (Å²) in [6.07, 6.45) is -0.616. The first-order valence-electron chi connectivity index (χ1n) is 4.30. The van der Waals surface area contributed by atoms with Gasteiger partial charge in [-0.05, 0) is 6.54 Å². The van der Waals surface area contributed by atoms with E-state index in [1.54, 1.807) is 0 Å². The largest absolute Gasteiger partial charge is 0.380 e. The van der Waals surface area contributed by atoms with Crippen LogP contribution in [0, 0.1) is 5.92 Å². The van der Waals surface area contributed by atoms with E-state index in [1.807, 2.05) is 0 Å². The Morgan fingerprint density at radius 2 is 2.45 bits per heavy atom. The fourth-order valence-corrected chi connectivity index (χ4v) is 1.90. The lowest BCUT2D eigenvalue weighted by Crippen LogP contribution is -2.30. The van der Waals surface area contributed by atoms with Crippen LogP contribution in [0.15, 0.2) is 0 Å². The maximum absolute atomic E-state index is 13.0. The number of likely N-dealkylation sites (N-methyl/N-ethyl adjacent to an activating group) is 1. The zero-order valence-corrected chi connectivity index (χ0v) is 6.79. The van der Waals surface area contributed by atoms with Gasteiger partial charge in [0.15, 0.2) is 0 Å². The number of ether oxygens (including phenoxy) is 1. The van der Waals surface area contributed by atoms with E-state index in [-0.39, 0.29) is 12.0 Å². The van der Waals surface area contributed by atoms with Crippen molar-refractivity contribution in [2.45, 2.75) is 19.1 Å². The van der Waals surface area contributed by atoms with Crippen LogP contribution in [0.3, 0.4) is 0 Å². The van der Waals surface area contributed by atoms with Crippen molar-refractivity contribution < 1.29 is 9.13 Å². The molecule has 3 atom stereocenters. The van der Waals surface area contributed by atoms with Crippen molar-refractivity contribution in [3.8, 4) is 0 Å². The summed E-state index contributed by atoms with van der Waals surface area (Å²) in [5.74, 6) is 0.178. The molecule has 1 aliphatic carbocycles. The minimum Gasteiger partial charge on any atom is -0.380 e. The van der Waals surface area contributed by atoms with Crippen LogP contribution in [0.2, 0.25) is 0 Å². The normalized spacial score (nSPS) is 44.7. The highest BCUT2D eigenvalue weighted by molar-refractivity contribution is 5.06. The number of halogens is 1. The quantitative estimate of drug-likeness (QED) is 0.557. The molecule has 1 heterocycles. The maximum atomic E-state index is 13.0. The third-order valence-corrected chi connectivity index (χ3v) is 2.69. The Hall–Kier alpha value is -0.150. The molecule has 2 nitrogen and oxygen atoms in total. The van der Waals surface area contributed by atoms with E-state index in [0.29, 0.717) is 6.61 Å². The predicted molar refractivity (Wildman–Crippen MR) is 40.2 cm³/mol. The smallest absolute Gasteiger partial charge is 0.123 e. The SMILES string of the molecule is CCN1CCOC[C@@H]2[C@H](F)[C@@H]21. The van der Waals surface area contributed by atoms with Crippen molar-refractivity contribution in [3.05, 3.63) is 0 Å². The van der Waals surface area contributed by atoms with Crippen molar-refractivity contribution in [2.75, 3.05) is 26.3 Å². The lowest BCUT2D eigenvalue weighted by Gasteiger charge is -2.17. The molecule has 3 heteroatoms. The molecule has 0 N–H and O–H groups in total. The highest BCUT2D eigenvalue weighted by Gasteiger charge is 2.54. The second-order valence-corrected chi connectivity index (χ2v) is 3.30. The summed E-state index contributed by atoms with van der Waals surface area (Å²) in [4.78, 5) is 2.18. The molecule has 0 amide bonds. The maximum Gasteiger partial charge on any atom is 0.123 e. The van der Waals surface area contributed by atoms with Gasteiger partial charge >= 0.3 is 0 Å². The Kier molecular flexibility index (Phi) is 1.85. The fourth-order valence-electron chi connectivity index (χ4n) is 1.90. The minimum absolute atomic E-state index is 0.178. The van der Waals surface area contributed by atoms with E-state index in [0.717, 1.165) is 19.7 Å². The molecule has 2 rings (SSSR count). The second kappa shape index (κ2) is 2.72. The Labute approximate surface area is 66.3 Å². The lowest BCUT2D eigenvalue weighted by atomic mass is 10.4. The van der Waals surface area contributed by atoms with Crippen molar-refractivity contribution in [1.82, 2.24) is 4.90 Å². The summed E-state index contributed by atoms with van der Waals surface area (Å²) in [5, 5.41) is 0. The molecule has 0 aromatic rings. The zero-order chi connectivity index (χ0) is 7.84. The van der Waals surface area contributed by atoms with Gasteiger partial charge in [0.2, 0.25) is 0 Å². The van der Waals surface area contributed by atoms with Gasteiger partial charge in [0, 0.05) is 18.5 Å². The summed E-state index contributed by atoms with van der Waals surface area (Å²) in [6, 6.07) is 0.183. The predicted octanol–water partition coefficient (Wildman–Crippen LogP) is 0.675. The first kappa shape index (κ1) is 7.50. The first-order chi connectivity index (χ1) is 5.34. The summed E-state index contributed by atoms with van der Waals surface area (Å²) in [7, 11) is 0. The van der Waals surface area contributed by atoms with Crippen LogP contribution >= 0.6 is 0 Å². The van der Waals surface area contributed by atoms with Crippen LogP contribution in [0.1, 0.15) is 6.92 Å². The number of hydrogen-bond acceptors (Lipinski definition) is 2. The molecular formula is C8H14FNO. The van der Waals surface area contributed by atoms with Gasteiger partial charge in [-0.25, -0.2) is 4.39 Å². The van der Waals surface area contributed by atoms with E-state index in [2.05, 4.69) is 11.8 Å². The average Bonchev–Trinajstić information content (AvgIpc) is 2.68. The summed E-state index contributed by atoms with van der Waals surface area (Å²) < 4.78 is 18.2. The summed E-state index contributed by atoms with van der Waals surface area (Å²) in [5.41, 5.74) is 0. The summed E-state index contributed by atoms with van der Waals surface area (Å²) >= 11 is 0. The van der Waals surface area contributed by atoms with E-state index < -0.39 is 6.17 Å². The van der Waals surface area contributed by atoms with Gasteiger partial charge in [-0.1, -0.05) is 6.92 Å². The van der Waals surface area contributed by atoms with E-state index in [9.17, 15) is 4.39 Å². The second-order valence-electron chi connectivity index (χ2n) is 3.30. The zero-order valence-electron chi connectivity index (χ0n) is 6.79. The van der Waals surface area contributed by atoms with Crippen LogP contribution in [0.5, 0.6) is 0 Å². The number of fused-ring (bicyclic) bond motifs is 1. The van der Waals surface area contributed by atoms with Crippen LogP contribution < -0.4 is 0 Å². The molecule has 1 saturated carbocycles. The van der Waals surface area contributed by atoms with Gasteiger partial charge in [-0.3, -0.25) is 4.90 Å². The lowest BCUT2D eigenvalue weighted by molar-refractivity contribution is 0.112. The highest BCUT2D eigenvalue weighted by Crippen LogP contribution is 2.40. The first-order valence-corrected chi connectivity index (χ1v) is 4.30. The Morgan fingerprint density at radius 1 is 1.64 bits per heavy atom. The van der Waals surface area contributed by atoms with E-state index >= 15 is 0 Å². The van der Waals surface area contributed by atoms with Crippen LogP contribution in [-0.4, -0.2) is 43.4 Å². The Balaban J connectivity index is 1.99. The number of alkyl halides is 1. The van der Waals surface area contributed by atoms with Crippen LogP contribution in [0.4, 0.5) is 4.39 Å². The van der Waals surface area contributed by atoms with Gasteiger partial charge in [0.05, 0.1) is 13.2 Å². The molecule has 0 radical (unpaired) electrons. The monoisotopic (exact) mass is 159 g/mol. The molecule has 2 fully saturated rings. The topological polar surface area (TPSA) is 12.5 Å². The Morgan fingerprint density at radius 3 is 3.18 bits per heavy atom. The van der Waals surface area contributed by atoms with Gasteiger partial charge in [0.25, 0.3) is 0 Å². The standard InChI is InChI=1S/C8H14FNO/c1-2-10-3-4-11-5-6-7(9)8(6)10/h6-8H,2-5H2,1H3/t6-,7+,8-/m1/s1. The molecule has 0 bridgehead atoms. The highest BCUT2D eigenvalue weighted by atomic mass is 19.1. The van der Waals surface area contributed by atoms with Crippen molar-refractivity contribution in [2.24, 2.45) is 5.92 Å². The average molecular weight is 159 g/mol. The fraction of sp³-hybridized carbons (Fsp3) is 1.00. The molecule has 1 aliphatic heterocycles. The van der Waals surface area contributed by atoms with Crippen LogP contribution in [-0.2, 0) is 4.74 Å². The number of hydrogen-bond donors (Lipinski definition) is 0. The van der Waals surface area contributed by atoms with Crippen LogP contribution in [0.25, 0.3) is 0 Å². The van der Waals surface area contributed by atoms with Crippen molar-refractivity contribution in [1.29, 1.82) is 0 Å². The molecule has 0 spiro atoms. The van der Waals surface area contributed by atoms with E-state index in [1.165, 1.54) is 0 Å². The summed E-state index contributed by atoms with van der Waals surface area (Å²) in [6.45, 7) is 5.33. The molecule has 64 valence electrons. The van der Waals surface area contributed by atoms with Gasteiger partial charge < -0.3 is 4.74 Å². The molecule has 0 aromatic heterocycles. The molecular weight excluding hydrogens is 145 g/mol. The molecule has 2 aliphatic rings. The minimum atomic E-state index is -0.616. The van der Waals surface area contributed by atoms with Gasteiger partial charge in [-0.2, -0.15) is 0 Å². The molecule has 1 saturated heterocycles. The number of rotatable bonds is 1. The molecule has 11 heavy (non-hydrogen) atoms. The van der Waals surface area contributed by atoms with E-state index in [4.69, 9.17) is 4.74 Å². The molecule has 0 unspecified atom stereocenters. The van der Waals surface area contributed by atoms with Gasteiger partial charge in [-0.15, -0.1) is 0 Å². The third-order valence-electron chi connectivity index (χ3n) is 2.69. The van der Waals surface area contributed by atoms with Crippen molar-refractivity contribution >= 4 is 0 Å². The Bertz CT molecular complexity index is 153. The molecule has 0 aromatic carbocycles. The third kappa shape index (κ3) is 1.16. The van der Waals surface area contributed by atoms with Gasteiger partial charge in [0.1, 0.15) is 6.17 Å². The number of nitrogens with zero attached hydrogens (tertiary/aromatic N) is 1. The van der Waals surface area contributed by atoms with Crippen molar-refractivity contribution in [3.63, 3.8) is 0 Å².